The molecule has 0 amide bonds. The second kappa shape index (κ2) is 4.36. The van der Waals surface area contributed by atoms with Crippen LogP contribution in [0.25, 0.3) is 10.9 Å². The molecule has 0 N–H and O–H groups in total. The second-order valence-corrected chi connectivity index (χ2v) is 6.07. The van der Waals surface area contributed by atoms with Crippen LogP contribution in [-0.4, -0.2) is 22.6 Å². The third-order valence-electron chi connectivity index (χ3n) is 4.91. The van der Waals surface area contributed by atoms with E-state index in [1.165, 1.54) is 41.4 Å². The van der Waals surface area contributed by atoms with Crippen molar-refractivity contribution in [2.45, 2.75) is 38.8 Å². The van der Waals surface area contributed by atoms with Crippen LogP contribution in [0.2, 0.25) is 0 Å². The molecule has 3 heteroatoms. The van der Waals surface area contributed by atoms with Gasteiger partial charge in [0.1, 0.15) is 0 Å². The van der Waals surface area contributed by atoms with Crippen LogP contribution in [0.1, 0.15) is 35.7 Å². The normalized spacial score (nSPS) is 21.7. The fraction of sp³-hybridized carbons (Fsp3) is 0.471. The fourth-order valence-corrected chi connectivity index (χ4v) is 4.07. The van der Waals surface area contributed by atoms with Crippen molar-refractivity contribution in [3.8, 4) is 6.07 Å². The van der Waals surface area contributed by atoms with Crippen LogP contribution in [0.5, 0.6) is 0 Å². The quantitative estimate of drug-likeness (QED) is 0.742. The number of nitriles is 1. The summed E-state index contributed by atoms with van der Waals surface area (Å²) in [6.07, 6.45) is 3.63. The molecule has 1 aliphatic carbocycles. The van der Waals surface area contributed by atoms with Crippen LogP contribution in [0, 0.1) is 18.3 Å². The smallest absolute Gasteiger partial charge is 0.0872 e. The minimum atomic E-state index is 0.458. The lowest BCUT2D eigenvalue weighted by Crippen LogP contribution is -2.39. The van der Waals surface area contributed by atoms with E-state index in [0.29, 0.717) is 12.6 Å². The number of hydrogen-bond acceptors (Lipinski definition) is 2. The van der Waals surface area contributed by atoms with Crippen molar-refractivity contribution in [3.05, 3.63) is 35.0 Å². The van der Waals surface area contributed by atoms with E-state index >= 15 is 0 Å². The molecule has 20 heavy (non-hydrogen) atoms. The highest BCUT2D eigenvalue weighted by atomic mass is 15.2. The van der Waals surface area contributed by atoms with E-state index in [4.69, 9.17) is 5.26 Å². The molecule has 0 spiro atoms. The molecular weight excluding hydrogens is 246 g/mol. The van der Waals surface area contributed by atoms with Crippen molar-refractivity contribution >= 4 is 10.9 Å². The molecule has 4 rings (SSSR count). The molecule has 0 bridgehead atoms. The van der Waals surface area contributed by atoms with Crippen molar-refractivity contribution < 1.29 is 0 Å². The van der Waals surface area contributed by atoms with Gasteiger partial charge in [-0.05, 0) is 43.9 Å². The van der Waals surface area contributed by atoms with Crippen molar-refractivity contribution in [2.75, 3.05) is 13.1 Å². The van der Waals surface area contributed by atoms with Crippen LogP contribution in [-0.2, 0) is 13.0 Å². The molecule has 0 fully saturated rings. The SMILES string of the molecule is Cc1ccc2c(c1)c1c3n2CCN(CC#N)[C@H]3CCC1. The summed E-state index contributed by atoms with van der Waals surface area (Å²) in [6, 6.07) is 9.63. The number of aryl methyl sites for hydroxylation is 2. The molecule has 0 saturated carbocycles. The summed E-state index contributed by atoms with van der Waals surface area (Å²) in [7, 11) is 0. The Hall–Kier alpha value is -1.79. The van der Waals surface area contributed by atoms with E-state index in [1.807, 2.05) is 0 Å². The van der Waals surface area contributed by atoms with Crippen LogP contribution in [0.15, 0.2) is 18.2 Å². The Morgan fingerprint density at radius 2 is 2.25 bits per heavy atom. The van der Waals surface area contributed by atoms with Gasteiger partial charge in [0, 0.05) is 29.7 Å². The lowest BCUT2D eigenvalue weighted by Gasteiger charge is -2.38. The molecule has 2 aromatic rings. The zero-order chi connectivity index (χ0) is 13.7. The van der Waals surface area contributed by atoms with E-state index in [-0.39, 0.29) is 0 Å². The monoisotopic (exact) mass is 265 g/mol. The highest BCUT2D eigenvalue weighted by molar-refractivity contribution is 5.87. The minimum absolute atomic E-state index is 0.458. The summed E-state index contributed by atoms with van der Waals surface area (Å²) in [5, 5.41) is 10.5. The van der Waals surface area contributed by atoms with E-state index in [9.17, 15) is 0 Å². The number of benzene rings is 1. The van der Waals surface area contributed by atoms with E-state index < -0.39 is 0 Å². The van der Waals surface area contributed by atoms with Gasteiger partial charge in [0.25, 0.3) is 0 Å². The first kappa shape index (κ1) is 12.0. The van der Waals surface area contributed by atoms with E-state index in [0.717, 1.165) is 13.1 Å². The molecule has 1 aromatic carbocycles. The second-order valence-electron chi connectivity index (χ2n) is 6.07. The van der Waals surface area contributed by atoms with Gasteiger partial charge in [-0.2, -0.15) is 5.26 Å². The third kappa shape index (κ3) is 1.55. The predicted molar refractivity (Wildman–Crippen MR) is 79.5 cm³/mol. The predicted octanol–water partition coefficient (Wildman–Crippen LogP) is 3.17. The van der Waals surface area contributed by atoms with Crippen molar-refractivity contribution in [1.29, 1.82) is 5.26 Å². The number of fused-ring (bicyclic) bond motifs is 3. The fourth-order valence-electron chi connectivity index (χ4n) is 4.07. The summed E-state index contributed by atoms with van der Waals surface area (Å²) in [4.78, 5) is 2.36. The number of rotatable bonds is 1. The van der Waals surface area contributed by atoms with Gasteiger partial charge < -0.3 is 4.57 Å². The Labute approximate surface area is 119 Å². The Kier molecular flexibility index (Phi) is 2.61. The molecule has 102 valence electrons. The molecule has 1 atom stereocenters. The Morgan fingerprint density at radius 3 is 3.10 bits per heavy atom. The van der Waals surface area contributed by atoms with Gasteiger partial charge in [-0.25, -0.2) is 0 Å². The third-order valence-corrected chi connectivity index (χ3v) is 4.91. The van der Waals surface area contributed by atoms with Crippen molar-refractivity contribution in [3.63, 3.8) is 0 Å². The van der Waals surface area contributed by atoms with Crippen molar-refractivity contribution in [1.82, 2.24) is 9.47 Å². The van der Waals surface area contributed by atoms with Gasteiger partial charge >= 0.3 is 0 Å². The summed E-state index contributed by atoms with van der Waals surface area (Å²) in [5.41, 5.74) is 5.78. The maximum absolute atomic E-state index is 9.04. The average Bonchev–Trinajstić information content (AvgIpc) is 2.78. The van der Waals surface area contributed by atoms with Crippen LogP contribution in [0.4, 0.5) is 0 Å². The van der Waals surface area contributed by atoms with Gasteiger partial charge in [0.2, 0.25) is 0 Å². The van der Waals surface area contributed by atoms with Crippen LogP contribution < -0.4 is 0 Å². The average molecular weight is 265 g/mol. The summed E-state index contributed by atoms with van der Waals surface area (Å²) in [5.74, 6) is 0. The lowest BCUT2D eigenvalue weighted by molar-refractivity contribution is 0.160. The van der Waals surface area contributed by atoms with Gasteiger partial charge in [0.15, 0.2) is 0 Å². The molecular formula is C17H19N3. The number of aromatic nitrogens is 1. The first-order valence-corrected chi connectivity index (χ1v) is 7.52. The molecule has 0 saturated heterocycles. The molecule has 1 aromatic heterocycles. The lowest BCUT2D eigenvalue weighted by atomic mass is 9.89. The Morgan fingerprint density at radius 1 is 1.35 bits per heavy atom. The van der Waals surface area contributed by atoms with Crippen LogP contribution >= 0.6 is 0 Å². The largest absolute Gasteiger partial charge is 0.342 e. The Bertz CT molecular complexity index is 720. The molecule has 1 aliphatic heterocycles. The van der Waals surface area contributed by atoms with Gasteiger partial charge in [-0.15, -0.1) is 0 Å². The molecule has 2 aliphatic rings. The number of hydrogen-bond donors (Lipinski definition) is 0. The maximum atomic E-state index is 9.04. The molecule has 0 radical (unpaired) electrons. The van der Waals surface area contributed by atoms with Crippen molar-refractivity contribution in [2.24, 2.45) is 0 Å². The summed E-state index contributed by atoms with van der Waals surface area (Å²) < 4.78 is 2.52. The summed E-state index contributed by atoms with van der Waals surface area (Å²) in [6.45, 7) is 4.76. The zero-order valence-corrected chi connectivity index (χ0v) is 11.9. The van der Waals surface area contributed by atoms with Gasteiger partial charge in [-0.1, -0.05) is 11.6 Å². The van der Waals surface area contributed by atoms with E-state index in [1.54, 1.807) is 5.56 Å². The van der Waals surface area contributed by atoms with Gasteiger partial charge in [-0.3, -0.25) is 4.90 Å². The number of nitrogens with zero attached hydrogens (tertiary/aromatic N) is 3. The van der Waals surface area contributed by atoms with E-state index in [2.05, 4.69) is 40.7 Å². The highest BCUT2D eigenvalue weighted by Gasteiger charge is 2.34. The molecule has 3 nitrogen and oxygen atoms in total. The molecule has 2 heterocycles. The van der Waals surface area contributed by atoms with Crippen LogP contribution in [0.3, 0.4) is 0 Å². The topological polar surface area (TPSA) is 32.0 Å². The zero-order valence-electron chi connectivity index (χ0n) is 11.9. The summed E-state index contributed by atoms with van der Waals surface area (Å²) >= 11 is 0. The maximum Gasteiger partial charge on any atom is 0.0872 e. The molecule has 0 unspecified atom stereocenters. The first-order valence-electron chi connectivity index (χ1n) is 7.52. The first-order chi connectivity index (χ1) is 9.79. The Balaban J connectivity index is 1.96. The van der Waals surface area contributed by atoms with Gasteiger partial charge in [0.05, 0.1) is 18.7 Å². The minimum Gasteiger partial charge on any atom is -0.342 e. The standard InChI is InChI=1S/C17H19N3/c1-12-5-6-15-14(11-12)13-3-2-4-16-17(13)20(15)10-9-19(16)8-7-18/h5-6,11,16H,2-4,8-10H2,1H3/t16-/m0/s1. The highest BCUT2D eigenvalue weighted by Crippen LogP contribution is 2.42.